The van der Waals surface area contributed by atoms with Crippen molar-refractivity contribution in [2.45, 2.75) is 32.7 Å². The van der Waals surface area contributed by atoms with E-state index in [1.165, 1.54) is 0 Å². The third kappa shape index (κ3) is 4.10. The van der Waals surface area contributed by atoms with Crippen molar-refractivity contribution in [3.8, 4) is 17.3 Å². The lowest BCUT2D eigenvalue weighted by molar-refractivity contribution is 0.0951. The summed E-state index contributed by atoms with van der Waals surface area (Å²) in [4.78, 5) is 21.9. The SMILES string of the molecule is CC(C)CNc1nc2cc(C#N)ccc2n2c(-c3ccc(C(=O)NC4CC4)c(Cl)c3)cnc12. The lowest BCUT2D eigenvalue weighted by atomic mass is 10.1. The molecule has 0 unspecified atom stereocenters. The van der Waals surface area contributed by atoms with Crippen molar-refractivity contribution in [2.24, 2.45) is 5.92 Å². The Morgan fingerprint density at radius 2 is 2.09 bits per heavy atom. The van der Waals surface area contributed by atoms with Gasteiger partial charge in [0.05, 0.1) is 45.1 Å². The second kappa shape index (κ2) is 8.38. The van der Waals surface area contributed by atoms with Gasteiger partial charge < -0.3 is 10.6 Å². The Bertz CT molecular complexity index is 1430. The lowest BCUT2D eigenvalue weighted by Crippen LogP contribution is -2.25. The molecule has 2 N–H and O–H groups in total. The van der Waals surface area contributed by atoms with Crippen LogP contribution in [-0.4, -0.2) is 32.9 Å². The number of halogens is 1. The molecule has 1 saturated carbocycles. The second-order valence-electron chi connectivity index (χ2n) is 8.80. The summed E-state index contributed by atoms with van der Waals surface area (Å²) in [7, 11) is 0. The Labute approximate surface area is 196 Å². The summed E-state index contributed by atoms with van der Waals surface area (Å²) in [5.74, 6) is 0.936. The quantitative estimate of drug-likeness (QED) is 0.422. The zero-order valence-electron chi connectivity index (χ0n) is 18.4. The molecule has 166 valence electrons. The maximum atomic E-state index is 12.5. The van der Waals surface area contributed by atoms with Gasteiger partial charge in [-0.15, -0.1) is 0 Å². The van der Waals surface area contributed by atoms with Crippen LogP contribution in [0.1, 0.15) is 42.6 Å². The Balaban J connectivity index is 1.64. The largest absolute Gasteiger partial charge is 0.367 e. The first-order valence-corrected chi connectivity index (χ1v) is 11.4. The van der Waals surface area contributed by atoms with E-state index in [9.17, 15) is 10.1 Å². The number of carbonyl (C=O) groups excluding carboxylic acids is 1. The summed E-state index contributed by atoms with van der Waals surface area (Å²) in [5, 5.41) is 16.1. The standard InChI is InChI=1S/C25H23ClN6O/c1-14(2)12-28-23-24-29-13-22(32(24)21-8-3-15(11-27)9-20(21)31-23)16-4-7-18(19(26)10-16)25(33)30-17-5-6-17/h3-4,7-10,13-14,17H,5-6,12H2,1-2H3,(H,28,31)(H,30,33). The number of fused-ring (bicyclic) bond motifs is 3. The van der Waals surface area contributed by atoms with Crippen LogP contribution in [0.5, 0.6) is 0 Å². The Morgan fingerprint density at radius 1 is 1.27 bits per heavy atom. The van der Waals surface area contributed by atoms with Crippen LogP contribution in [0.2, 0.25) is 5.02 Å². The fourth-order valence-electron chi connectivity index (χ4n) is 3.78. The van der Waals surface area contributed by atoms with E-state index in [-0.39, 0.29) is 11.9 Å². The minimum absolute atomic E-state index is 0.147. The van der Waals surface area contributed by atoms with Crippen LogP contribution in [0.3, 0.4) is 0 Å². The van der Waals surface area contributed by atoms with E-state index in [0.717, 1.165) is 36.2 Å². The van der Waals surface area contributed by atoms with Gasteiger partial charge >= 0.3 is 0 Å². The molecule has 0 spiro atoms. The molecule has 1 aliphatic rings. The maximum absolute atomic E-state index is 12.5. The van der Waals surface area contributed by atoms with Crippen LogP contribution in [0.25, 0.3) is 27.9 Å². The van der Waals surface area contributed by atoms with Gasteiger partial charge in [0.2, 0.25) is 0 Å². The molecule has 5 rings (SSSR count). The molecule has 2 aromatic heterocycles. The Morgan fingerprint density at radius 3 is 2.79 bits per heavy atom. The van der Waals surface area contributed by atoms with Crippen LogP contribution in [0.4, 0.5) is 5.82 Å². The zero-order chi connectivity index (χ0) is 23.1. The normalized spacial score (nSPS) is 13.4. The predicted octanol–water partition coefficient (Wildman–Crippen LogP) is 5.03. The van der Waals surface area contributed by atoms with Crippen molar-refractivity contribution in [1.82, 2.24) is 19.7 Å². The molecule has 2 heterocycles. The molecule has 0 radical (unpaired) electrons. The van der Waals surface area contributed by atoms with Gasteiger partial charge in [-0.1, -0.05) is 31.5 Å². The number of nitrogens with one attached hydrogen (secondary N) is 2. The molecule has 0 bridgehead atoms. The van der Waals surface area contributed by atoms with Gasteiger partial charge in [-0.05, 0) is 49.1 Å². The van der Waals surface area contributed by atoms with Crippen molar-refractivity contribution in [2.75, 3.05) is 11.9 Å². The second-order valence-corrected chi connectivity index (χ2v) is 9.20. The minimum Gasteiger partial charge on any atom is -0.367 e. The Hall–Kier alpha value is -3.63. The molecule has 1 aliphatic carbocycles. The van der Waals surface area contributed by atoms with E-state index >= 15 is 0 Å². The van der Waals surface area contributed by atoms with E-state index in [1.807, 2.05) is 16.5 Å². The van der Waals surface area contributed by atoms with Crippen molar-refractivity contribution < 1.29 is 4.79 Å². The average Bonchev–Trinajstić information content (AvgIpc) is 3.50. The van der Waals surface area contributed by atoms with Gasteiger partial charge in [-0.2, -0.15) is 5.26 Å². The summed E-state index contributed by atoms with van der Waals surface area (Å²) < 4.78 is 2.02. The molecule has 0 atom stereocenters. The highest BCUT2D eigenvalue weighted by atomic mass is 35.5. The number of hydrogen-bond acceptors (Lipinski definition) is 5. The van der Waals surface area contributed by atoms with Gasteiger partial charge in [-0.3, -0.25) is 9.20 Å². The van der Waals surface area contributed by atoms with Crippen LogP contribution in [0, 0.1) is 17.2 Å². The predicted molar refractivity (Wildman–Crippen MR) is 129 cm³/mol. The number of imidazole rings is 1. The van der Waals surface area contributed by atoms with E-state index < -0.39 is 0 Å². The highest BCUT2D eigenvalue weighted by Gasteiger charge is 2.25. The Kier molecular flexibility index (Phi) is 5.39. The number of hydrogen-bond donors (Lipinski definition) is 2. The average molecular weight is 459 g/mol. The smallest absolute Gasteiger partial charge is 0.253 e. The molecule has 2 aromatic carbocycles. The lowest BCUT2D eigenvalue weighted by Gasteiger charge is -2.13. The van der Waals surface area contributed by atoms with Crippen molar-refractivity contribution in [3.05, 3.63) is 58.7 Å². The first-order valence-electron chi connectivity index (χ1n) is 11.0. The number of amides is 1. The maximum Gasteiger partial charge on any atom is 0.253 e. The third-order valence-electron chi connectivity index (χ3n) is 5.65. The topological polar surface area (TPSA) is 95.1 Å². The molecule has 7 nitrogen and oxygen atoms in total. The van der Waals surface area contributed by atoms with Gasteiger partial charge in [0.15, 0.2) is 11.5 Å². The minimum atomic E-state index is -0.147. The number of benzene rings is 2. The van der Waals surface area contributed by atoms with E-state index in [1.54, 1.807) is 30.5 Å². The molecule has 1 fully saturated rings. The number of nitrogens with zero attached hydrogens (tertiary/aromatic N) is 4. The number of carbonyl (C=O) groups is 1. The summed E-state index contributed by atoms with van der Waals surface area (Å²) in [6, 6.07) is 13.3. The van der Waals surface area contributed by atoms with Crippen LogP contribution in [-0.2, 0) is 0 Å². The van der Waals surface area contributed by atoms with Crippen molar-refractivity contribution >= 4 is 40.0 Å². The number of anilines is 1. The fourth-order valence-corrected chi connectivity index (χ4v) is 4.04. The number of aromatic nitrogens is 3. The molecular weight excluding hydrogens is 436 g/mol. The molecule has 1 amide bonds. The van der Waals surface area contributed by atoms with Crippen LogP contribution >= 0.6 is 11.6 Å². The van der Waals surface area contributed by atoms with Crippen LogP contribution < -0.4 is 10.6 Å². The summed E-state index contributed by atoms with van der Waals surface area (Å²) in [6.45, 7) is 4.99. The van der Waals surface area contributed by atoms with Crippen molar-refractivity contribution in [3.63, 3.8) is 0 Å². The molecule has 33 heavy (non-hydrogen) atoms. The number of rotatable bonds is 6. The first kappa shape index (κ1) is 21.2. The zero-order valence-corrected chi connectivity index (χ0v) is 19.1. The van der Waals surface area contributed by atoms with Gasteiger partial charge in [0, 0.05) is 18.2 Å². The molecule has 8 heteroatoms. The number of nitriles is 1. The molecular formula is C25H23ClN6O. The van der Waals surface area contributed by atoms with Crippen molar-refractivity contribution in [1.29, 1.82) is 5.26 Å². The highest BCUT2D eigenvalue weighted by molar-refractivity contribution is 6.34. The first-order chi connectivity index (χ1) is 15.9. The van der Waals surface area contributed by atoms with Gasteiger partial charge in [0.1, 0.15) is 0 Å². The highest BCUT2D eigenvalue weighted by Crippen LogP contribution is 2.31. The van der Waals surface area contributed by atoms with Gasteiger partial charge in [0.25, 0.3) is 5.91 Å². The fraction of sp³-hybridized carbons (Fsp3) is 0.280. The molecule has 4 aromatic rings. The summed E-state index contributed by atoms with van der Waals surface area (Å²) in [6.07, 6.45) is 3.82. The third-order valence-corrected chi connectivity index (χ3v) is 5.96. The van der Waals surface area contributed by atoms with E-state index in [2.05, 4.69) is 35.5 Å². The summed E-state index contributed by atoms with van der Waals surface area (Å²) in [5.41, 5.74) is 4.88. The van der Waals surface area contributed by atoms with Gasteiger partial charge in [-0.25, -0.2) is 9.97 Å². The van der Waals surface area contributed by atoms with E-state index in [0.29, 0.717) is 39.0 Å². The van der Waals surface area contributed by atoms with E-state index in [4.69, 9.17) is 16.6 Å². The molecule has 0 aliphatic heterocycles. The van der Waals surface area contributed by atoms with Crippen LogP contribution in [0.15, 0.2) is 42.6 Å². The monoisotopic (exact) mass is 458 g/mol. The molecule has 0 saturated heterocycles. The summed E-state index contributed by atoms with van der Waals surface area (Å²) >= 11 is 6.52.